The van der Waals surface area contributed by atoms with E-state index in [4.69, 9.17) is 5.11 Å². The zero-order valence-corrected chi connectivity index (χ0v) is 21.1. The van der Waals surface area contributed by atoms with E-state index in [-0.39, 0.29) is 17.0 Å². The number of carbonyl (C=O) groups is 4. The van der Waals surface area contributed by atoms with Crippen molar-refractivity contribution in [3.8, 4) is 5.69 Å². The summed E-state index contributed by atoms with van der Waals surface area (Å²) in [6.07, 6.45) is 1.65. The van der Waals surface area contributed by atoms with Crippen LogP contribution in [-0.2, 0) is 9.59 Å². The summed E-state index contributed by atoms with van der Waals surface area (Å²) < 4.78 is 1.94. The predicted octanol–water partition coefficient (Wildman–Crippen LogP) is 5.08. The number of aromatic nitrogens is 1. The molecule has 2 heterocycles. The molecule has 3 amide bonds. The zero-order chi connectivity index (χ0) is 26.1. The lowest BCUT2D eigenvalue weighted by atomic mass is 10.1. The lowest BCUT2D eigenvalue weighted by Gasteiger charge is -2.14. The van der Waals surface area contributed by atoms with Crippen LogP contribution in [0.15, 0.2) is 53.4 Å². The zero-order valence-electron chi connectivity index (χ0n) is 20.3. The number of hydrogen-bond donors (Lipinski definition) is 2. The molecule has 2 N–H and O–H groups in total. The molecule has 0 bridgehead atoms. The van der Waals surface area contributed by atoms with Crippen LogP contribution in [0.1, 0.15) is 38.4 Å². The van der Waals surface area contributed by atoms with Crippen molar-refractivity contribution in [2.24, 2.45) is 0 Å². The molecule has 0 atom stereocenters. The van der Waals surface area contributed by atoms with E-state index in [0.29, 0.717) is 5.69 Å². The summed E-state index contributed by atoms with van der Waals surface area (Å²) in [5, 5.41) is 11.4. The van der Waals surface area contributed by atoms with Gasteiger partial charge >= 0.3 is 5.97 Å². The number of carboxylic acid groups (broad SMARTS) is 1. The highest BCUT2D eigenvalue weighted by Gasteiger charge is 2.36. The summed E-state index contributed by atoms with van der Waals surface area (Å²) >= 11 is 0.799. The second-order valence-electron chi connectivity index (χ2n) is 8.65. The largest absolute Gasteiger partial charge is 0.478 e. The number of carbonyl (C=O) groups excluding carboxylic acids is 3. The van der Waals surface area contributed by atoms with E-state index < -0.39 is 23.0 Å². The van der Waals surface area contributed by atoms with Crippen molar-refractivity contribution in [2.45, 2.75) is 27.7 Å². The summed E-state index contributed by atoms with van der Waals surface area (Å²) in [5.41, 5.74) is 5.95. The second kappa shape index (κ2) is 9.87. The number of carboxylic acids is 1. The fraction of sp³-hybridized carbons (Fsp3) is 0.185. The van der Waals surface area contributed by atoms with Gasteiger partial charge in [-0.3, -0.25) is 19.3 Å². The van der Waals surface area contributed by atoms with Crippen LogP contribution in [-0.4, -0.2) is 44.1 Å². The molecule has 9 heteroatoms. The van der Waals surface area contributed by atoms with Gasteiger partial charge in [-0.25, -0.2) is 4.79 Å². The summed E-state index contributed by atoms with van der Waals surface area (Å²) in [4.78, 5) is 50.4. The molecule has 1 saturated heterocycles. The fourth-order valence-electron chi connectivity index (χ4n) is 4.07. The number of imide groups is 1. The van der Waals surface area contributed by atoms with Gasteiger partial charge in [0.2, 0.25) is 5.91 Å². The Balaban J connectivity index is 1.53. The van der Waals surface area contributed by atoms with E-state index >= 15 is 0 Å². The lowest BCUT2D eigenvalue weighted by Crippen LogP contribution is -2.36. The van der Waals surface area contributed by atoms with Gasteiger partial charge in [0, 0.05) is 22.8 Å². The number of hydrogen-bond acceptors (Lipinski definition) is 5. The Hall–Kier alpha value is -4.11. The number of thioether (sulfide) groups is 1. The molecule has 1 fully saturated rings. The van der Waals surface area contributed by atoms with Crippen molar-refractivity contribution in [2.75, 3.05) is 11.9 Å². The Morgan fingerprint density at radius 3 is 2.36 bits per heavy atom. The first-order valence-electron chi connectivity index (χ1n) is 11.2. The van der Waals surface area contributed by atoms with Crippen molar-refractivity contribution < 1.29 is 24.3 Å². The van der Waals surface area contributed by atoms with Crippen molar-refractivity contribution >= 4 is 46.5 Å². The van der Waals surface area contributed by atoms with E-state index in [1.807, 2.05) is 56.5 Å². The van der Waals surface area contributed by atoms with Crippen LogP contribution in [0.3, 0.4) is 0 Å². The van der Waals surface area contributed by atoms with Crippen LogP contribution in [0.2, 0.25) is 0 Å². The number of aromatic carboxylic acids is 1. The van der Waals surface area contributed by atoms with Crippen LogP contribution < -0.4 is 5.32 Å². The normalized spacial score (nSPS) is 14.6. The van der Waals surface area contributed by atoms with Gasteiger partial charge in [0.1, 0.15) is 6.54 Å². The number of rotatable bonds is 6. The van der Waals surface area contributed by atoms with E-state index in [1.165, 1.54) is 12.1 Å². The van der Waals surface area contributed by atoms with Gasteiger partial charge in [0.25, 0.3) is 11.1 Å². The average Bonchev–Trinajstić information content (AvgIpc) is 3.25. The van der Waals surface area contributed by atoms with Gasteiger partial charge in [-0.15, -0.1) is 0 Å². The first-order valence-corrected chi connectivity index (χ1v) is 12.0. The predicted molar refractivity (Wildman–Crippen MR) is 139 cm³/mol. The third kappa shape index (κ3) is 4.96. The summed E-state index contributed by atoms with van der Waals surface area (Å²) in [7, 11) is 0. The SMILES string of the molecule is Cc1ccc(C)c(NC(=O)CN2C(=O)S/C(=C/c3cc(C)n(-c4ccc(C(=O)O)cc4)c3C)C2=O)c1. The molecule has 0 unspecified atom stereocenters. The van der Waals surface area contributed by atoms with Gasteiger partial charge in [0.15, 0.2) is 0 Å². The summed E-state index contributed by atoms with van der Waals surface area (Å²) in [6, 6.07) is 14.1. The van der Waals surface area contributed by atoms with E-state index in [1.54, 1.807) is 18.2 Å². The molecule has 0 saturated carbocycles. The maximum atomic E-state index is 13.0. The Labute approximate surface area is 212 Å². The topological polar surface area (TPSA) is 109 Å². The number of anilines is 1. The van der Waals surface area contributed by atoms with Crippen LogP contribution in [0, 0.1) is 27.7 Å². The molecule has 2 aromatic carbocycles. The first kappa shape index (κ1) is 25.0. The average molecular weight is 504 g/mol. The third-order valence-electron chi connectivity index (χ3n) is 5.97. The molecule has 1 aliphatic rings. The van der Waals surface area contributed by atoms with Crippen molar-refractivity contribution in [1.82, 2.24) is 9.47 Å². The standard InChI is InChI=1S/C27H25N3O5S/c1-15-5-6-16(2)22(11-15)28-24(31)14-29-25(32)23(36-27(29)35)13-20-12-17(3)30(18(20)4)21-9-7-19(8-10-21)26(33)34/h5-13H,14H2,1-4H3,(H,28,31)(H,33,34)/b23-13+. The minimum Gasteiger partial charge on any atom is -0.478 e. The van der Waals surface area contributed by atoms with Crippen LogP contribution in [0.4, 0.5) is 10.5 Å². The lowest BCUT2D eigenvalue weighted by molar-refractivity contribution is -0.127. The smallest absolute Gasteiger partial charge is 0.335 e. The van der Waals surface area contributed by atoms with Crippen LogP contribution >= 0.6 is 11.8 Å². The molecule has 184 valence electrons. The minimum atomic E-state index is -0.999. The number of benzene rings is 2. The molecule has 0 spiro atoms. The third-order valence-corrected chi connectivity index (χ3v) is 6.88. The molecule has 8 nitrogen and oxygen atoms in total. The number of aryl methyl sites for hydroxylation is 3. The monoisotopic (exact) mass is 503 g/mol. The van der Waals surface area contributed by atoms with E-state index in [2.05, 4.69) is 5.32 Å². The maximum Gasteiger partial charge on any atom is 0.335 e. The Morgan fingerprint density at radius 2 is 1.69 bits per heavy atom. The highest BCUT2D eigenvalue weighted by atomic mass is 32.2. The van der Waals surface area contributed by atoms with Crippen molar-refractivity contribution in [3.63, 3.8) is 0 Å². The van der Waals surface area contributed by atoms with Crippen molar-refractivity contribution in [1.29, 1.82) is 0 Å². The van der Waals surface area contributed by atoms with Crippen LogP contribution in [0.5, 0.6) is 0 Å². The Kier molecular flexibility index (Phi) is 6.85. The molecular weight excluding hydrogens is 478 g/mol. The van der Waals surface area contributed by atoms with Gasteiger partial charge in [-0.1, -0.05) is 12.1 Å². The van der Waals surface area contributed by atoms with E-state index in [9.17, 15) is 19.2 Å². The van der Waals surface area contributed by atoms with Gasteiger partial charge in [-0.05, 0) is 98.6 Å². The first-order chi connectivity index (χ1) is 17.0. The fourth-order valence-corrected chi connectivity index (χ4v) is 4.89. The number of nitrogens with one attached hydrogen (secondary N) is 1. The Morgan fingerprint density at radius 1 is 1.00 bits per heavy atom. The van der Waals surface area contributed by atoms with Gasteiger partial charge in [-0.2, -0.15) is 0 Å². The molecule has 1 aliphatic heterocycles. The summed E-state index contributed by atoms with van der Waals surface area (Å²) in [6.45, 7) is 7.20. The molecule has 4 rings (SSSR count). The molecule has 36 heavy (non-hydrogen) atoms. The van der Waals surface area contributed by atoms with Crippen LogP contribution in [0.25, 0.3) is 11.8 Å². The quantitative estimate of drug-likeness (QED) is 0.454. The molecule has 0 radical (unpaired) electrons. The molecular formula is C27H25N3O5S. The summed E-state index contributed by atoms with van der Waals surface area (Å²) in [5.74, 6) is -1.96. The van der Waals surface area contributed by atoms with Crippen molar-refractivity contribution in [3.05, 3.63) is 87.1 Å². The highest BCUT2D eigenvalue weighted by molar-refractivity contribution is 8.18. The maximum absolute atomic E-state index is 13.0. The second-order valence-corrected chi connectivity index (χ2v) is 9.64. The highest BCUT2D eigenvalue weighted by Crippen LogP contribution is 2.34. The molecule has 1 aromatic heterocycles. The van der Waals surface area contributed by atoms with Gasteiger partial charge in [0.05, 0.1) is 10.5 Å². The molecule has 0 aliphatic carbocycles. The van der Waals surface area contributed by atoms with E-state index in [0.717, 1.165) is 50.4 Å². The molecule has 3 aromatic rings. The van der Waals surface area contributed by atoms with Gasteiger partial charge < -0.3 is 15.0 Å². The minimum absolute atomic E-state index is 0.191. The number of nitrogens with zero attached hydrogens (tertiary/aromatic N) is 2. The number of amides is 3. The Bertz CT molecular complexity index is 1440.